The van der Waals surface area contributed by atoms with Gasteiger partial charge in [-0.1, -0.05) is 31.5 Å². The third-order valence-corrected chi connectivity index (χ3v) is 2.79. The van der Waals surface area contributed by atoms with Gasteiger partial charge in [0.1, 0.15) is 5.82 Å². The maximum absolute atomic E-state index is 13.5. The largest absolute Gasteiger partial charge is 0.355 e. The predicted molar refractivity (Wildman–Crippen MR) is 70.7 cm³/mol. The number of nitrogens with one attached hydrogen (secondary N) is 2. The molecule has 1 rings (SSSR count). The summed E-state index contributed by atoms with van der Waals surface area (Å²) in [6, 6.07) is 6.42. The molecule has 0 spiro atoms. The Morgan fingerprint density at radius 2 is 2.11 bits per heavy atom. The van der Waals surface area contributed by atoms with Crippen LogP contribution in [-0.4, -0.2) is 19.0 Å². The molecule has 1 amide bonds. The number of hydrogen-bond donors (Lipinski definition) is 2. The molecule has 0 aliphatic carbocycles. The summed E-state index contributed by atoms with van der Waals surface area (Å²) in [6.45, 7) is 4.83. The normalized spacial score (nSPS) is 12.2. The number of amides is 1. The molecular weight excluding hydrogens is 231 g/mol. The van der Waals surface area contributed by atoms with E-state index in [4.69, 9.17) is 0 Å². The van der Waals surface area contributed by atoms with Gasteiger partial charge in [-0.15, -0.1) is 0 Å². The maximum Gasteiger partial charge on any atom is 0.233 e. The summed E-state index contributed by atoms with van der Waals surface area (Å²) >= 11 is 0. The van der Waals surface area contributed by atoms with Crippen molar-refractivity contribution in [1.82, 2.24) is 10.6 Å². The first-order valence-corrected chi connectivity index (χ1v) is 6.39. The average Bonchev–Trinajstić information content (AvgIpc) is 2.37. The summed E-state index contributed by atoms with van der Waals surface area (Å²) in [5, 5.41) is 5.82. The molecule has 18 heavy (non-hydrogen) atoms. The van der Waals surface area contributed by atoms with Crippen LogP contribution in [0.25, 0.3) is 0 Å². The second-order valence-corrected chi connectivity index (χ2v) is 4.33. The molecule has 0 heterocycles. The zero-order chi connectivity index (χ0) is 13.4. The lowest BCUT2D eigenvalue weighted by atomic mass is 10.1. The fourth-order valence-electron chi connectivity index (χ4n) is 1.65. The molecule has 0 aliphatic rings. The first-order valence-electron chi connectivity index (χ1n) is 6.39. The maximum atomic E-state index is 13.5. The summed E-state index contributed by atoms with van der Waals surface area (Å²) in [5.74, 6) is -0.296. The summed E-state index contributed by atoms with van der Waals surface area (Å²) < 4.78 is 13.5. The molecule has 0 bridgehead atoms. The van der Waals surface area contributed by atoms with E-state index in [2.05, 4.69) is 17.6 Å². The van der Waals surface area contributed by atoms with E-state index in [0.29, 0.717) is 12.1 Å². The lowest BCUT2D eigenvalue weighted by molar-refractivity contribution is -0.120. The van der Waals surface area contributed by atoms with Gasteiger partial charge < -0.3 is 10.6 Å². The second kappa shape index (κ2) is 7.82. The van der Waals surface area contributed by atoms with Crippen LogP contribution in [0.1, 0.15) is 38.3 Å². The highest BCUT2D eigenvalue weighted by Crippen LogP contribution is 2.15. The van der Waals surface area contributed by atoms with Gasteiger partial charge in [0.2, 0.25) is 5.91 Å². The molecular formula is C14H21FN2O. The van der Waals surface area contributed by atoms with Gasteiger partial charge in [-0.3, -0.25) is 4.79 Å². The van der Waals surface area contributed by atoms with Crippen LogP contribution < -0.4 is 10.6 Å². The first kappa shape index (κ1) is 14.6. The molecule has 1 unspecified atom stereocenters. The van der Waals surface area contributed by atoms with E-state index in [1.807, 2.05) is 6.92 Å². The van der Waals surface area contributed by atoms with E-state index < -0.39 is 0 Å². The molecule has 0 aromatic heterocycles. The van der Waals surface area contributed by atoms with Crippen molar-refractivity contribution in [2.24, 2.45) is 0 Å². The van der Waals surface area contributed by atoms with Gasteiger partial charge in [-0.2, -0.15) is 0 Å². The fourth-order valence-corrected chi connectivity index (χ4v) is 1.65. The highest BCUT2D eigenvalue weighted by atomic mass is 19.1. The number of carbonyl (C=O) groups is 1. The minimum Gasteiger partial charge on any atom is -0.355 e. The lowest BCUT2D eigenvalue weighted by Crippen LogP contribution is -2.35. The zero-order valence-electron chi connectivity index (χ0n) is 11.0. The Morgan fingerprint density at radius 3 is 2.78 bits per heavy atom. The number of rotatable bonds is 7. The van der Waals surface area contributed by atoms with Crippen LogP contribution in [0, 0.1) is 5.82 Å². The standard InChI is InChI=1S/C14H21FN2O/c1-3-4-9-16-14(18)10-17-11(2)12-7-5-6-8-13(12)15/h5-8,11,17H,3-4,9-10H2,1-2H3,(H,16,18). The third-order valence-electron chi connectivity index (χ3n) is 2.79. The van der Waals surface area contributed by atoms with Gasteiger partial charge in [-0.05, 0) is 19.4 Å². The van der Waals surface area contributed by atoms with E-state index in [-0.39, 0.29) is 24.3 Å². The number of carbonyl (C=O) groups excluding carboxylic acids is 1. The monoisotopic (exact) mass is 252 g/mol. The molecule has 0 saturated carbocycles. The molecule has 1 atom stereocenters. The van der Waals surface area contributed by atoms with Gasteiger partial charge in [0.25, 0.3) is 0 Å². The van der Waals surface area contributed by atoms with Crippen LogP contribution in [0.2, 0.25) is 0 Å². The van der Waals surface area contributed by atoms with E-state index in [1.165, 1.54) is 6.07 Å². The molecule has 4 heteroatoms. The highest BCUT2D eigenvalue weighted by molar-refractivity contribution is 5.77. The second-order valence-electron chi connectivity index (χ2n) is 4.33. The van der Waals surface area contributed by atoms with Crippen molar-refractivity contribution in [3.8, 4) is 0 Å². The van der Waals surface area contributed by atoms with E-state index in [1.54, 1.807) is 18.2 Å². The molecule has 1 aromatic rings. The van der Waals surface area contributed by atoms with Crippen molar-refractivity contribution in [2.45, 2.75) is 32.7 Å². The van der Waals surface area contributed by atoms with Gasteiger partial charge >= 0.3 is 0 Å². The van der Waals surface area contributed by atoms with Gasteiger partial charge in [0.05, 0.1) is 6.54 Å². The molecule has 0 radical (unpaired) electrons. The fraction of sp³-hybridized carbons (Fsp3) is 0.500. The minimum atomic E-state index is -0.246. The van der Waals surface area contributed by atoms with Crippen LogP contribution in [-0.2, 0) is 4.79 Å². The Labute approximate surface area is 108 Å². The molecule has 0 aliphatic heterocycles. The zero-order valence-corrected chi connectivity index (χ0v) is 11.0. The Hall–Kier alpha value is -1.42. The van der Waals surface area contributed by atoms with Crippen LogP contribution in [0.3, 0.4) is 0 Å². The van der Waals surface area contributed by atoms with Crippen molar-refractivity contribution in [3.05, 3.63) is 35.6 Å². The van der Waals surface area contributed by atoms with Crippen LogP contribution in [0.4, 0.5) is 4.39 Å². The minimum absolute atomic E-state index is 0.0494. The lowest BCUT2D eigenvalue weighted by Gasteiger charge is -2.14. The predicted octanol–water partition coefficient (Wildman–Crippen LogP) is 2.39. The van der Waals surface area contributed by atoms with Gasteiger partial charge in [-0.25, -0.2) is 4.39 Å². The van der Waals surface area contributed by atoms with Crippen molar-refractivity contribution in [2.75, 3.05) is 13.1 Å². The Balaban J connectivity index is 2.35. The number of benzene rings is 1. The quantitative estimate of drug-likeness (QED) is 0.732. The Bertz CT molecular complexity index is 382. The summed E-state index contributed by atoms with van der Waals surface area (Å²) in [6.07, 6.45) is 2.04. The van der Waals surface area contributed by atoms with Crippen molar-refractivity contribution < 1.29 is 9.18 Å². The van der Waals surface area contributed by atoms with Crippen LogP contribution in [0.15, 0.2) is 24.3 Å². The van der Waals surface area contributed by atoms with E-state index >= 15 is 0 Å². The summed E-state index contributed by atoms with van der Waals surface area (Å²) in [5.41, 5.74) is 0.582. The first-order chi connectivity index (χ1) is 8.65. The van der Waals surface area contributed by atoms with Crippen molar-refractivity contribution in [1.29, 1.82) is 0 Å². The number of hydrogen-bond acceptors (Lipinski definition) is 2. The molecule has 0 saturated heterocycles. The van der Waals surface area contributed by atoms with Gasteiger partial charge in [0.15, 0.2) is 0 Å². The Kier molecular flexibility index (Phi) is 6.36. The summed E-state index contributed by atoms with van der Waals surface area (Å²) in [7, 11) is 0. The molecule has 100 valence electrons. The van der Waals surface area contributed by atoms with E-state index in [9.17, 15) is 9.18 Å². The summed E-state index contributed by atoms with van der Waals surface area (Å²) in [4.78, 5) is 11.5. The Morgan fingerprint density at radius 1 is 1.39 bits per heavy atom. The number of unbranched alkanes of at least 4 members (excludes halogenated alkanes) is 1. The van der Waals surface area contributed by atoms with E-state index in [0.717, 1.165) is 12.8 Å². The smallest absolute Gasteiger partial charge is 0.233 e. The van der Waals surface area contributed by atoms with Gasteiger partial charge in [0, 0.05) is 18.2 Å². The van der Waals surface area contributed by atoms with Crippen LogP contribution >= 0.6 is 0 Å². The molecule has 2 N–H and O–H groups in total. The van der Waals surface area contributed by atoms with Crippen LogP contribution in [0.5, 0.6) is 0 Å². The molecule has 0 fully saturated rings. The topological polar surface area (TPSA) is 41.1 Å². The SMILES string of the molecule is CCCCNC(=O)CNC(C)c1ccccc1F. The third kappa shape index (κ3) is 4.84. The molecule has 1 aromatic carbocycles. The number of halogens is 1. The van der Waals surface area contributed by atoms with Crippen molar-refractivity contribution in [3.63, 3.8) is 0 Å². The average molecular weight is 252 g/mol. The highest BCUT2D eigenvalue weighted by Gasteiger charge is 2.10. The van der Waals surface area contributed by atoms with Crippen molar-refractivity contribution >= 4 is 5.91 Å². The molecule has 3 nitrogen and oxygen atoms in total.